The van der Waals surface area contributed by atoms with Crippen molar-refractivity contribution >= 4 is 5.71 Å². The Labute approximate surface area is 72.1 Å². The lowest BCUT2D eigenvalue weighted by atomic mass is 10.5. The number of rotatable bonds is 1. The van der Waals surface area contributed by atoms with Gasteiger partial charge in [0, 0.05) is 19.0 Å². The third kappa shape index (κ3) is 2.34. The number of aryl methyl sites for hydroxylation is 1. The fourth-order valence-corrected chi connectivity index (χ4v) is 0.755. The lowest BCUT2D eigenvalue weighted by Crippen LogP contribution is -2.15. The molecule has 0 atom stereocenters. The van der Waals surface area contributed by atoms with E-state index in [0.717, 1.165) is 5.49 Å². The van der Waals surface area contributed by atoms with E-state index in [1.807, 2.05) is 42.9 Å². The van der Waals surface area contributed by atoms with Crippen molar-refractivity contribution in [3.63, 3.8) is 0 Å². The molecule has 0 bridgehead atoms. The zero-order valence-corrected chi connectivity index (χ0v) is 7.36. The van der Waals surface area contributed by atoms with Crippen LogP contribution in [-0.4, -0.2) is 10.3 Å². The lowest BCUT2D eigenvalue weighted by Gasteiger charge is -1.95. The van der Waals surface area contributed by atoms with Gasteiger partial charge in [0.15, 0.2) is 5.49 Å². The Morgan fingerprint density at radius 3 is 2.83 bits per heavy atom. The highest BCUT2D eigenvalue weighted by Gasteiger charge is 1.82. The molecule has 1 aromatic heterocycles. The van der Waals surface area contributed by atoms with E-state index in [9.17, 15) is 0 Å². The molecule has 63 valence electrons. The van der Waals surface area contributed by atoms with Crippen LogP contribution in [0.4, 0.5) is 0 Å². The summed E-state index contributed by atoms with van der Waals surface area (Å²) in [6, 6.07) is 5.76. The topological polar surface area (TPSA) is 29.6 Å². The minimum Gasteiger partial charge on any atom is -0.335 e. The molecule has 1 heterocycles. The van der Waals surface area contributed by atoms with Crippen LogP contribution in [0.15, 0.2) is 34.6 Å². The highest BCUT2D eigenvalue weighted by atomic mass is 15.2. The molecule has 0 amide bonds. The Hall–Kier alpha value is -1.38. The van der Waals surface area contributed by atoms with Crippen molar-refractivity contribution in [2.24, 2.45) is 17.3 Å². The van der Waals surface area contributed by atoms with Crippen LogP contribution in [0.1, 0.15) is 6.92 Å². The number of nitrogens with zero attached hydrogens (tertiary/aromatic N) is 3. The Kier molecular flexibility index (Phi) is 2.80. The molecular weight excluding hydrogens is 150 g/mol. The average molecular weight is 162 g/mol. The van der Waals surface area contributed by atoms with Crippen molar-refractivity contribution in [1.29, 1.82) is 0 Å². The molecule has 0 unspecified atom stereocenters. The summed E-state index contributed by atoms with van der Waals surface area (Å²) in [6.45, 7) is 5.44. The summed E-state index contributed by atoms with van der Waals surface area (Å²) in [4.78, 5) is 0. The van der Waals surface area contributed by atoms with Crippen molar-refractivity contribution in [1.82, 2.24) is 4.57 Å². The molecule has 0 aromatic carbocycles. The van der Waals surface area contributed by atoms with Crippen LogP contribution in [0, 0.1) is 6.92 Å². The third-order valence-corrected chi connectivity index (χ3v) is 1.35. The standard InChI is InChI=1S/C9H12N3/c1-8(2)10-11-9-6-4-5-7-12(9)3/h4-7H,1H2,2-3H3. The molecule has 1 rings (SSSR count). The van der Waals surface area contributed by atoms with Crippen LogP contribution in [0.5, 0.6) is 0 Å². The zero-order chi connectivity index (χ0) is 8.97. The van der Waals surface area contributed by atoms with Crippen molar-refractivity contribution in [3.8, 4) is 0 Å². The van der Waals surface area contributed by atoms with Crippen molar-refractivity contribution < 1.29 is 0 Å². The maximum absolute atomic E-state index is 3.99. The van der Waals surface area contributed by atoms with E-state index in [0.29, 0.717) is 5.71 Å². The quantitative estimate of drug-likeness (QED) is 0.438. The first kappa shape index (κ1) is 8.71. The highest BCUT2D eigenvalue weighted by molar-refractivity contribution is 5.85. The van der Waals surface area contributed by atoms with Crippen LogP contribution in [-0.2, 0) is 7.05 Å². The second-order valence-electron chi connectivity index (χ2n) is 2.61. The molecule has 0 aliphatic heterocycles. The van der Waals surface area contributed by atoms with Gasteiger partial charge in [-0.15, -0.1) is 5.10 Å². The first-order valence-electron chi connectivity index (χ1n) is 3.72. The molecular formula is C9H12N3. The Morgan fingerprint density at radius 2 is 2.25 bits per heavy atom. The first-order chi connectivity index (χ1) is 5.70. The van der Waals surface area contributed by atoms with Crippen molar-refractivity contribution in [3.05, 3.63) is 36.8 Å². The summed E-state index contributed by atoms with van der Waals surface area (Å²) in [7, 11) is 1.92. The molecule has 0 saturated carbocycles. The second-order valence-corrected chi connectivity index (χ2v) is 2.61. The average Bonchev–Trinajstić information content (AvgIpc) is 2.03. The molecule has 0 spiro atoms. The Bertz CT molecular complexity index is 343. The van der Waals surface area contributed by atoms with Gasteiger partial charge in [0.25, 0.3) is 0 Å². The van der Waals surface area contributed by atoms with Gasteiger partial charge in [-0.2, -0.15) is 5.10 Å². The summed E-state index contributed by atoms with van der Waals surface area (Å²) >= 11 is 0. The Balaban J connectivity index is 3.11. The number of pyridine rings is 1. The molecule has 1 radical (unpaired) electrons. The van der Waals surface area contributed by atoms with Gasteiger partial charge < -0.3 is 4.57 Å². The third-order valence-electron chi connectivity index (χ3n) is 1.35. The summed E-state index contributed by atoms with van der Waals surface area (Å²) in [5.74, 6) is 0. The van der Waals surface area contributed by atoms with Gasteiger partial charge in [-0.1, -0.05) is 6.07 Å². The summed E-state index contributed by atoms with van der Waals surface area (Å²) in [6.07, 6.45) is 1.92. The monoisotopic (exact) mass is 162 g/mol. The predicted molar refractivity (Wildman–Crippen MR) is 49.4 cm³/mol. The smallest absolute Gasteiger partial charge is 0.154 e. The van der Waals surface area contributed by atoms with Crippen LogP contribution in [0.25, 0.3) is 0 Å². The summed E-state index contributed by atoms with van der Waals surface area (Å²) < 4.78 is 1.90. The van der Waals surface area contributed by atoms with Crippen molar-refractivity contribution in [2.45, 2.75) is 6.92 Å². The van der Waals surface area contributed by atoms with E-state index in [1.54, 1.807) is 0 Å². The van der Waals surface area contributed by atoms with Crippen LogP contribution in [0.3, 0.4) is 0 Å². The van der Waals surface area contributed by atoms with Crippen LogP contribution >= 0.6 is 0 Å². The number of aromatic nitrogens is 1. The maximum atomic E-state index is 3.99. The van der Waals surface area contributed by atoms with Gasteiger partial charge in [0.1, 0.15) is 0 Å². The first-order valence-corrected chi connectivity index (χ1v) is 3.72. The van der Waals surface area contributed by atoms with Gasteiger partial charge in [-0.25, -0.2) is 0 Å². The highest BCUT2D eigenvalue weighted by Crippen LogP contribution is 1.78. The van der Waals surface area contributed by atoms with E-state index < -0.39 is 0 Å². The van der Waals surface area contributed by atoms with E-state index in [2.05, 4.69) is 17.1 Å². The van der Waals surface area contributed by atoms with Gasteiger partial charge in [-0.05, 0) is 26.0 Å². The number of hydrogen-bond donors (Lipinski definition) is 0. The lowest BCUT2D eigenvalue weighted by molar-refractivity contribution is 0.816. The minimum absolute atomic E-state index is 0.707. The SMILES string of the molecule is [CH2]C(C)=NN=c1ccccn1C. The van der Waals surface area contributed by atoms with Crippen LogP contribution in [0.2, 0.25) is 0 Å². The van der Waals surface area contributed by atoms with E-state index in [4.69, 9.17) is 0 Å². The molecule has 0 fully saturated rings. The zero-order valence-electron chi connectivity index (χ0n) is 7.36. The summed E-state index contributed by atoms with van der Waals surface area (Å²) in [5.41, 5.74) is 1.53. The van der Waals surface area contributed by atoms with Gasteiger partial charge in [0.05, 0.1) is 0 Å². The molecule has 12 heavy (non-hydrogen) atoms. The second kappa shape index (κ2) is 3.85. The van der Waals surface area contributed by atoms with E-state index in [-0.39, 0.29) is 0 Å². The van der Waals surface area contributed by atoms with E-state index in [1.165, 1.54) is 0 Å². The summed E-state index contributed by atoms with van der Waals surface area (Å²) in [5, 5.41) is 7.86. The van der Waals surface area contributed by atoms with Gasteiger partial charge in [-0.3, -0.25) is 0 Å². The van der Waals surface area contributed by atoms with E-state index >= 15 is 0 Å². The molecule has 3 nitrogen and oxygen atoms in total. The fourth-order valence-electron chi connectivity index (χ4n) is 0.755. The minimum atomic E-state index is 0.707. The molecule has 0 aliphatic carbocycles. The molecule has 0 saturated heterocycles. The fraction of sp³-hybridized carbons (Fsp3) is 0.222. The Morgan fingerprint density at radius 1 is 1.50 bits per heavy atom. The van der Waals surface area contributed by atoms with Gasteiger partial charge >= 0.3 is 0 Å². The molecule has 0 aliphatic rings. The predicted octanol–water partition coefficient (Wildman–Crippen LogP) is 1.14. The molecule has 1 aromatic rings. The largest absolute Gasteiger partial charge is 0.335 e. The molecule has 3 heteroatoms. The maximum Gasteiger partial charge on any atom is 0.154 e. The van der Waals surface area contributed by atoms with Crippen LogP contribution < -0.4 is 5.49 Å². The normalized spacial score (nSPS) is 13.6. The van der Waals surface area contributed by atoms with Crippen molar-refractivity contribution in [2.75, 3.05) is 0 Å². The number of hydrogen-bond acceptors (Lipinski definition) is 2. The van der Waals surface area contributed by atoms with Gasteiger partial charge in [0.2, 0.25) is 0 Å². The molecule has 0 N–H and O–H groups in total.